The number of benzene rings is 1. The summed E-state index contributed by atoms with van der Waals surface area (Å²) >= 11 is 3.08. The second-order valence-corrected chi connectivity index (χ2v) is 9.85. The Labute approximate surface area is 140 Å². The summed E-state index contributed by atoms with van der Waals surface area (Å²) in [5.74, 6) is -0.828. The number of amides is 1. The van der Waals surface area contributed by atoms with Crippen LogP contribution in [0.3, 0.4) is 0 Å². The highest BCUT2D eigenvalue weighted by atomic mass is 79.9. The molecule has 0 radical (unpaired) electrons. The third kappa shape index (κ3) is 5.07. The van der Waals surface area contributed by atoms with E-state index in [1.54, 1.807) is 20.8 Å². The maximum Gasteiger partial charge on any atom is 0.239 e. The predicted molar refractivity (Wildman–Crippen MR) is 90.3 cm³/mol. The van der Waals surface area contributed by atoms with Crippen molar-refractivity contribution in [2.75, 3.05) is 12.5 Å². The topological polar surface area (TPSA) is 74.7 Å². The van der Waals surface area contributed by atoms with Gasteiger partial charge in [0.1, 0.15) is 10.7 Å². The van der Waals surface area contributed by atoms with Gasteiger partial charge in [-0.1, -0.05) is 46.3 Å². The van der Waals surface area contributed by atoms with E-state index in [1.807, 2.05) is 30.3 Å². The summed E-state index contributed by atoms with van der Waals surface area (Å²) < 4.78 is 23.8. The summed E-state index contributed by atoms with van der Waals surface area (Å²) in [7, 11) is -3.50. The van der Waals surface area contributed by atoms with Gasteiger partial charge in [0.2, 0.25) is 5.91 Å². The fraction of sp³-hybridized carbons (Fsp3) is 0.533. The lowest BCUT2D eigenvalue weighted by atomic mass is 10.2. The second-order valence-electron chi connectivity index (χ2n) is 6.03. The van der Waals surface area contributed by atoms with E-state index in [0.717, 1.165) is 5.56 Å². The van der Waals surface area contributed by atoms with Crippen molar-refractivity contribution in [2.24, 2.45) is 0 Å². The Morgan fingerprint density at radius 3 is 2.27 bits per heavy atom. The van der Waals surface area contributed by atoms with Gasteiger partial charge in [0.05, 0.1) is 11.4 Å². The number of rotatable bonds is 6. The molecule has 0 aromatic heterocycles. The standard InChI is InChI=1S/C15H22BrNO4S/c1-15(2,3)22(20,21)11-17(14(19)13(16)10-18)9-12-7-5-4-6-8-12/h4-8,13,18H,9-11H2,1-3H3/t13-/m0/s1. The lowest BCUT2D eigenvalue weighted by Gasteiger charge is -2.28. The van der Waals surface area contributed by atoms with Crippen molar-refractivity contribution in [2.45, 2.75) is 36.9 Å². The van der Waals surface area contributed by atoms with Crippen LogP contribution in [0.1, 0.15) is 26.3 Å². The van der Waals surface area contributed by atoms with Gasteiger partial charge in [-0.15, -0.1) is 0 Å². The van der Waals surface area contributed by atoms with Crippen LogP contribution in [0.2, 0.25) is 0 Å². The number of nitrogens with zero attached hydrogens (tertiary/aromatic N) is 1. The predicted octanol–water partition coefficient (Wildman–Crippen LogP) is 1.94. The van der Waals surface area contributed by atoms with E-state index in [2.05, 4.69) is 15.9 Å². The monoisotopic (exact) mass is 391 g/mol. The fourth-order valence-electron chi connectivity index (χ4n) is 1.67. The molecular weight excluding hydrogens is 370 g/mol. The number of halogens is 1. The van der Waals surface area contributed by atoms with Crippen LogP contribution in [0.5, 0.6) is 0 Å². The van der Waals surface area contributed by atoms with Crippen LogP contribution in [0, 0.1) is 0 Å². The quantitative estimate of drug-likeness (QED) is 0.751. The molecule has 1 aromatic carbocycles. The molecule has 22 heavy (non-hydrogen) atoms. The van der Waals surface area contributed by atoms with E-state index in [9.17, 15) is 13.2 Å². The highest BCUT2D eigenvalue weighted by Crippen LogP contribution is 2.20. The number of sulfone groups is 1. The van der Waals surface area contributed by atoms with Gasteiger partial charge in [-0.25, -0.2) is 8.42 Å². The third-order valence-corrected chi connectivity index (χ3v) is 6.41. The van der Waals surface area contributed by atoms with Gasteiger partial charge < -0.3 is 10.0 Å². The average molecular weight is 392 g/mol. The zero-order valence-electron chi connectivity index (χ0n) is 13.0. The van der Waals surface area contributed by atoms with E-state index < -0.39 is 25.3 Å². The van der Waals surface area contributed by atoms with Gasteiger partial charge in [-0.05, 0) is 26.3 Å². The highest BCUT2D eigenvalue weighted by Gasteiger charge is 2.33. The maximum absolute atomic E-state index is 12.4. The molecule has 7 heteroatoms. The van der Waals surface area contributed by atoms with Crippen LogP contribution in [-0.4, -0.2) is 46.4 Å². The Balaban J connectivity index is 3.05. The maximum atomic E-state index is 12.4. The van der Waals surface area contributed by atoms with Crippen molar-refractivity contribution >= 4 is 31.7 Å². The Morgan fingerprint density at radius 2 is 1.82 bits per heavy atom. The minimum Gasteiger partial charge on any atom is -0.395 e. The average Bonchev–Trinajstić information content (AvgIpc) is 2.44. The van der Waals surface area contributed by atoms with Gasteiger partial charge >= 0.3 is 0 Å². The van der Waals surface area contributed by atoms with Crippen molar-refractivity contribution in [1.82, 2.24) is 4.90 Å². The molecule has 5 nitrogen and oxygen atoms in total. The number of aliphatic hydroxyl groups excluding tert-OH is 1. The van der Waals surface area contributed by atoms with Crippen LogP contribution in [0.4, 0.5) is 0 Å². The molecule has 0 bridgehead atoms. The smallest absolute Gasteiger partial charge is 0.239 e. The van der Waals surface area contributed by atoms with Crippen LogP contribution in [-0.2, 0) is 21.2 Å². The van der Waals surface area contributed by atoms with Crippen LogP contribution < -0.4 is 0 Å². The second kappa shape index (κ2) is 7.57. The largest absolute Gasteiger partial charge is 0.395 e. The fourth-order valence-corrected chi connectivity index (χ4v) is 2.97. The molecule has 0 aliphatic carbocycles. The highest BCUT2D eigenvalue weighted by molar-refractivity contribution is 9.10. The summed E-state index contributed by atoms with van der Waals surface area (Å²) in [5.41, 5.74) is 0.831. The molecule has 0 fully saturated rings. The van der Waals surface area contributed by atoms with Crippen molar-refractivity contribution in [1.29, 1.82) is 0 Å². The van der Waals surface area contributed by atoms with Gasteiger partial charge in [-0.3, -0.25) is 4.79 Å². The molecule has 1 N–H and O–H groups in total. The molecule has 0 unspecified atom stereocenters. The molecular formula is C15H22BrNO4S. The molecule has 124 valence electrons. The minimum absolute atomic E-state index is 0.178. The van der Waals surface area contributed by atoms with E-state index in [1.165, 1.54) is 4.90 Å². The first-order valence-corrected chi connectivity index (χ1v) is 9.45. The SMILES string of the molecule is CC(C)(C)S(=O)(=O)CN(Cc1ccccc1)C(=O)[C@@H](Br)CO. The first-order valence-electron chi connectivity index (χ1n) is 6.88. The number of hydrogen-bond donors (Lipinski definition) is 1. The molecule has 0 saturated heterocycles. The molecule has 0 heterocycles. The van der Waals surface area contributed by atoms with Crippen LogP contribution in [0.25, 0.3) is 0 Å². The van der Waals surface area contributed by atoms with Gasteiger partial charge in [-0.2, -0.15) is 0 Å². The minimum atomic E-state index is -3.50. The molecule has 0 aliphatic rings. The lowest BCUT2D eigenvalue weighted by Crippen LogP contribution is -2.44. The van der Waals surface area contributed by atoms with E-state index in [4.69, 9.17) is 5.11 Å². The summed E-state index contributed by atoms with van der Waals surface area (Å²) in [6, 6.07) is 9.16. The van der Waals surface area contributed by atoms with E-state index in [-0.39, 0.29) is 19.0 Å². The van der Waals surface area contributed by atoms with E-state index >= 15 is 0 Å². The molecule has 1 rings (SSSR count). The molecule has 0 aliphatic heterocycles. The van der Waals surface area contributed by atoms with Crippen molar-refractivity contribution in [3.05, 3.63) is 35.9 Å². The van der Waals surface area contributed by atoms with Crippen LogP contribution >= 0.6 is 15.9 Å². The number of carbonyl (C=O) groups is 1. The Hall–Kier alpha value is -0.920. The number of aliphatic hydroxyl groups is 1. The summed E-state index contributed by atoms with van der Waals surface area (Å²) in [6.07, 6.45) is 0. The summed E-state index contributed by atoms with van der Waals surface area (Å²) in [6.45, 7) is 4.60. The summed E-state index contributed by atoms with van der Waals surface area (Å²) in [4.78, 5) is 12.8. The number of carbonyl (C=O) groups excluding carboxylic acids is 1. The van der Waals surface area contributed by atoms with E-state index in [0.29, 0.717) is 0 Å². The van der Waals surface area contributed by atoms with Gasteiger partial charge in [0.25, 0.3) is 0 Å². The molecule has 1 amide bonds. The van der Waals surface area contributed by atoms with Crippen LogP contribution in [0.15, 0.2) is 30.3 Å². The lowest BCUT2D eigenvalue weighted by molar-refractivity contribution is -0.130. The normalized spacial score (nSPS) is 13.7. The molecule has 0 spiro atoms. The van der Waals surface area contributed by atoms with Crippen molar-refractivity contribution < 1.29 is 18.3 Å². The molecule has 0 saturated carbocycles. The van der Waals surface area contributed by atoms with Crippen molar-refractivity contribution in [3.63, 3.8) is 0 Å². The van der Waals surface area contributed by atoms with Gasteiger partial charge in [0, 0.05) is 6.54 Å². The Bertz CT molecular complexity index is 596. The first-order chi connectivity index (χ1) is 10.1. The number of hydrogen-bond acceptors (Lipinski definition) is 4. The van der Waals surface area contributed by atoms with Gasteiger partial charge in [0.15, 0.2) is 9.84 Å². The summed E-state index contributed by atoms with van der Waals surface area (Å²) in [5, 5.41) is 9.13. The zero-order valence-corrected chi connectivity index (χ0v) is 15.4. The molecule has 1 aromatic rings. The number of alkyl halides is 1. The third-order valence-electron chi connectivity index (χ3n) is 3.21. The van der Waals surface area contributed by atoms with Crippen molar-refractivity contribution in [3.8, 4) is 0 Å². The molecule has 1 atom stereocenters. The Morgan fingerprint density at radius 1 is 1.27 bits per heavy atom. The Kier molecular flexibility index (Phi) is 6.58. The zero-order chi connectivity index (χ0) is 17.0. The first kappa shape index (κ1) is 19.1.